The third kappa shape index (κ3) is 31.0. The van der Waals surface area contributed by atoms with Crippen molar-refractivity contribution < 1.29 is 9.53 Å². The van der Waals surface area contributed by atoms with Gasteiger partial charge in [0, 0.05) is 11.8 Å². The average Bonchev–Trinajstić information content (AvgIpc) is 2.85. The Labute approximate surface area is 226 Å². The minimum atomic E-state index is -0.315. The van der Waals surface area contributed by atoms with Crippen LogP contribution in [0.3, 0.4) is 0 Å². The first kappa shape index (κ1) is 35.0. The molecule has 0 aromatic rings. The van der Waals surface area contributed by atoms with Crippen molar-refractivity contribution >= 4 is 5.97 Å². The molecule has 0 spiro atoms. The highest BCUT2D eigenvalue weighted by molar-refractivity contribution is 5.82. The SMILES string of the molecule is CCCCCCCCCCCCCCCCCCCCCCCCCCCCCOC(=O)/C=C(/C)N. The highest BCUT2D eigenvalue weighted by atomic mass is 16.5. The molecule has 0 aliphatic heterocycles. The van der Waals surface area contributed by atoms with Crippen LogP contribution in [0, 0.1) is 0 Å². The number of ether oxygens (including phenoxy) is 1. The van der Waals surface area contributed by atoms with E-state index in [2.05, 4.69) is 6.92 Å². The summed E-state index contributed by atoms with van der Waals surface area (Å²) in [4.78, 5) is 11.3. The molecule has 36 heavy (non-hydrogen) atoms. The lowest BCUT2D eigenvalue weighted by molar-refractivity contribution is -0.137. The Balaban J connectivity index is 3.08. The van der Waals surface area contributed by atoms with Gasteiger partial charge in [0.1, 0.15) is 0 Å². The molecule has 0 bridgehead atoms. The van der Waals surface area contributed by atoms with Gasteiger partial charge in [-0.05, 0) is 13.3 Å². The fraction of sp³-hybridized carbons (Fsp3) is 0.909. The van der Waals surface area contributed by atoms with Gasteiger partial charge in [0.15, 0.2) is 0 Å². The first-order chi connectivity index (χ1) is 17.7. The summed E-state index contributed by atoms with van der Waals surface area (Å²) in [5.41, 5.74) is 5.95. The van der Waals surface area contributed by atoms with E-state index >= 15 is 0 Å². The quantitative estimate of drug-likeness (QED) is 0.0622. The predicted octanol–water partition coefficient (Wildman–Crippen LogP) is 10.9. The van der Waals surface area contributed by atoms with Crippen LogP contribution in [0.15, 0.2) is 11.8 Å². The Morgan fingerprint density at radius 3 is 1.00 bits per heavy atom. The Bertz CT molecular complexity index is 470. The van der Waals surface area contributed by atoms with Crippen molar-refractivity contribution in [1.29, 1.82) is 0 Å². The molecule has 0 aliphatic rings. The van der Waals surface area contributed by atoms with E-state index in [1.54, 1.807) is 6.92 Å². The van der Waals surface area contributed by atoms with E-state index in [9.17, 15) is 4.79 Å². The van der Waals surface area contributed by atoms with E-state index in [-0.39, 0.29) is 5.97 Å². The Hall–Kier alpha value is -0.990. The Kier molecular flexibility index (Phi) is 29.4. The minimum Gasteiger partial charge on any atom is -0.462 e. The van der Waals surface area contributed by atoms with Crippen LogP contribution in [0.5, 0.6) is 0 Å². The summed E-state index contributed by atoms with van der Waals surface area (Å²) in [5.74, 6) is -0.315. The first-order valence-corrected chi connectivity index (χ1v) is 16.3. The highest BCUT2D eigenvalue weighted by Crippen LogP contribution is 2.16. The molecule has 3 heteroatoms. The van der Waals surface area contributed by atoms with Crippen LogP contribution in [-0.2, 0) is 9.53 Å². The van der Waals surface area contributed by atoms with E-state index in [0.717, 1.165) is 12.8 Å². The molecule has 0 radical (unpaired) electrons. The third-order valence-electron chi connectivity index (χ3n) is 7.34. The molecule has 2 N–H and O–H groups in total. The van der Waals surface area contributed by atoms with E-state index < -0.39 is 0 Å². The van der Waals surface area contributed by atoms with Crippen molar-refractivity contribution in [2.24, 2.45) is 5.73 Å². The van der Waals surface area contributed by atoms with Gasteiger partial charge in [0.25, 0.3) is 0 Å². The van der Waals surface area contributed by atoms with Crippen molar-refractivity contribution in [3.8, 4) is 0 Å². The number of carbonyl (C=O) groups excluding carboxylic acids is 1. The largest absolute Gasteiger partial charge is 0.462 e. The number of nitrogens with two attached hydrogens (primary N) is 1. The van der Waals surface area contributed by atoms with Gasteiger partial charge in [-0.3, -0.25) is 0 Å². The maximum atomic E-state index is 11.3. The molecule has 0 amide bonds. The molecule has 3 nitrogen and oxygen atoms in total. The predicted molar refractivity (Wildman–Crippen MR) is 159 cm³/mol. The first-order valence-electron chi connectivity index (χ1n) is 16.3. The van der Waals surface area contributed by atoms with E-state index in [4.69, 9.17) is 10.5 Å². The lowest BCUT2D eigenvalue weighted by atomic mass is 10.0. The number of unbranched alkanes of at least 4 members (excludes halogenated alkanes) is 26. The highest BCUT2D eigenvalue weighted by Gasteiger charge is 1.99. The lowest BCUT2D eigenvalue weighted by Crippen LogP contribution is -2.05. The van der Waals surface area contributed by atoms with Crippen molar-refractivity contribution in [1.82, 2.24) is 0 Å². The monoisotopic (exact) mass is 508 g/mol. The Morgan fingerprint density at radius 2 is 0.750 bits per heavy atom. The fourth-order valence-electron chi connectivity index (χ4n) is 5.00. The number of hydrogen-bond acceptors (Lipinski definition) is 3. The molecule has 0 rings (SSSR count). The topological polar surface area (TPSA) is 52.3 Å². The standard InChI is InChI=1S/C33H65NO2/c1-3-4-5-6-7-8-9-10-11-12-13-14-15-16-17-18-19-20-21-22-23-24-25-26-27-28-29-30-36-33(35)31-32(2)34/h31H,3-30,34H2,1-2H3/b32-31-. The number of carbonyl (C=O) groups is 1. The molecule has 214 valence electrons. The van der Waals surface area contributed by atoms with Crippen LogP contribution in [0.4, 0.5) is 0 Å². The van der Waals surface area contributed by atoms with Gasteiger partial charge in [-0.1, -0.05) is 174 Å². The molecule has 0 atom stereocenters. The summed E-state index contributed by atoms with van der Waals surface area (Å²) < 4.78 is 5.11. The van der Waals surface area contributed by atoms with Gasteiger partial charge >= 0.3 is 5.97 Å². The van der Waals surface area contributed by atoms with Crippen molar-refractivity contribution in [3.05, 3.63) is 11.8 Å². The minimum absolute atomic E-state index is 0.315. The lowest BCUT2D eigenvalue weighted by Gasteiger charge is -2.05. The summed E-state index contributed by atoms with van der Waals surface area (Å²) >= 11 is 0. The van der Waals surface area contributed by atoms with Crippen LogP contribution < -0.4 is 5.73 Å². The summed E-state index contributed by atoms with van der Waals surface area (Å²) in [6.07, 6.45) is 39.2. The molecular weight excluding hydrogens is 442 g/mol. The molecule has 0 saturated heterocycles. The van der Waals surface area contributed by atoms with E-state index in [1.807, 2.05) is 0 Å². The van der Waals surface area contributed by atoms with Gasteiger partial charge in [0.05, 0.1) is 6.61 Å². The summed E-state index contributed by atoms with van der Waals surface area (Å²) in [5, 5.41) is 0. The third-order valence-corrected chi connectivity index (χ3v) is 7.34. The molecule has 0 aromatic carbocycles. The second-order valence-corrected chi connectivity index (χ2v) is 11.2. The second kappa shape index (κ2) is 30.2. The van der Waals surface area contributed by atoms with E-state index in [1.165, 1.54) is 167 Å². The maximum absolute atomic E-state index is 11.3. The maximum Gasteiger partial charge on any atom is 0.332 e. The molecule has 0 saturated carbocycles. The number of rotatable bonds is 29. The fourth-order valence-corrected chi connectivity index (χ4v) is 5.00. The zero-order chi connectivity index (χ0) is 26.4. The van der Waals surface area contributed by atoms with Crippen LogP contribution in [-0.4, -0.2) is 12.6 Å². The van der Waals surface area contributed by atoms with Crippen molar-refractivity contribution in [2.45, 2.75) is 187 Å². The normalized spacial score (nSPS) is 11.8. The summed E-state index contributed by atoms with van der Waals surface area (Å²) in [6.45, 7) is 4.51. The van der Waals surface area contributed by atoms with Gasteiger partial charge < -0.3 is 10.5 Å². The molecule has 0 heterocycles. The van der Waals surface area contributed by atoms with Crippen LogP contribution >= 0.6 is 0 Å². The van der Waals surface area contributed by atoms with Crippen LogP contribution in [0.2, 0.25) is 0 Å². The molecule has 0 aliphatic carbocycles. The average molecular weight is 508 g/mol. The molecule has 0 aromatic heterocycles. The van der Waals surface area contributed by atoms with Crippen molar-refractivity contribution in [2.75, 3.05) is 6.61 Å². The van der Waals surface area contributed by atoms with Gasteiger partial charge in [-0.15, -0.1) is 0 Å². The summed E-state index contributed by atoms with van der Waals surface area (Å²) in [6, 6.07) is 0. The van der Waals surface area contributed by atoms with Gasteiger partial charge in [0.2, 0.25) is 0 Å². The van der Waals surface area contributed by atoms with Crippen LogP contribution in [0.1, 0.15) is 187 Å². The smallest absolute Gasteiger partial charge is 0.332 e. The number of allylic oxidation sites excluding steroid dienone is 1. The zero-order valence-corrected chi connectivity index (χ0v) is 24.8. The zero-order valence-electron chi connectivity index (χ0n) is 24.8. The second-order valence-electron chi connectivity index (χ2n) is 11.2. The Morgan fingerprint density at radius 1 is 0.500 bits per heavy atom. The van der Waals surface area contributed by atoms with Gasteiger partial charge in [-0.2, -0.15) is 0 Å². The number of esters is 1. The van der Waals surface area contributed by atoms with Gasteiger partial charge in [-0.25, -0.2) is 4.79 Å². The molecule has 0 unspecified atom stereocenters. The molecular formula is C33H65NO2. The summed E-state index contributed by atoms with van der Waals surface area (Å²) in [7, 11) is 0. The van der Waals surface area contributed by atoms with E-state index in [0.29, 0.717) is 12.3 Å². The van der Waals surface area contributed by atoms with Crippen molar-refractivity contribution in [3.63, 3.8) is 0 Å². The number of hydrogen-bond donors (Lipinski definition) is 1. The molecule has 0 fully saturated rings. The van der Waals surface area contributed by atoms with Crippen LogP contribution in [0.25, 0.3) is 0 Å².